The summed E-state index contributed by atoms with van der Waals surface area (Å²) in [7, 11) is 0. The first-order valence-electron chi connectivity index (χ1n) is 7.69. The summed E-state index contributed by atoms with van der Waals surface area (Å²) in [5, 5.41) is 20.6. The van der Waals surface area contributed by atoms with Crippen LogP contribution in [-0.2, 0) is 4.74 Å². The Morgan fingerprint density at radius 2 is 1.88 bits per heavy atom. The summed E-state index contributed by atoms with van der Waals surface area (Å²) in [6, 6.07) is 13.3. The number of phenols is 1. The minimum Gasteiger partial charge on any atom is -0.507 e. The minimum absolute atomic E-state index is 0.0193. The highest BCUT2D eigenvalue weighted by atomic mass is 32.2. The lowest BCUT2D eigenvalue weighted by Gasteiger charge is -2.07. The van der Waals surface area contributed by atoms with E-state index >= 15 is 0 Å². The van der Waals surface area contributed by atoms with Crippen molar-refractivity contribution in [3.63, 3.8) is 0 Å². The second kappa shape index (κ2) is 7.40. The number of carbonyl (C=O) groups is 1. The van der Waals surface area contributed by atoms with Gasteiger partial charge in [-0.25, -0.2) is 4.79 Å². The van der Waals surface area contributed by atoms with E-state index in [1.54, 1.807) is 30.8 Å². The van der Waals surface area contributed by atoms with Gasteiger partial charge in [0, 0.05) is 10.5 Å². The van der Waals surface area contributed by atoms with E-state index < -0.39 is 5.97 Å². The SMILES string of the molecule is CCOC(=O)c1n[nH]nc1-c1ccc(-c2ccc(SC)cc2)cc1O. The summed E-state index contributed by atoms with van der Waals surface area (Å²) in [5.41, 5.74) is 2.59. The van der Waals surface area contributed by atoms with Crippen molar-refractivity contribution in [3.8, 4) is 28.1 Å². The number of ether oxygens (including phenoxy) is 1. The van der Waals surface area contributed by atoms with Gasteiger partial charge in [0.25, 0.3) is 0 Å². The van der Waals surface area contributed by atoms with E-state index in [2.05, 4.69) is 15.4 Å². The van der Waals surface area contributed by atoms with Crippen molar-refractivity contribution >= 4 is 17.7 Å². The highest BCUT2D eigenvalue weighted by molar-refractivity contribution is 7.98. The lowest BCUT2D eigenvalue weighted by molar-refractivity contribution is 0.0520. The molecular weight excluding hydrogens is 338 g/mol. The largest absolute Gasteiger partial charge is 0.507 e. The Hall–Kier alpha value is -2.80. The fourth-order valence-corrected chi connectivity index (χ4v) is 2.86. The molecule has 0 saturated heterocycles. The number of thioether (sulfide) groups is 1. The Morgan fingerprint density at radius 3 is 2.52 bits per heavy atom. The van der Waals surface area contributed by atoms with Gasteiger partial charge in [-0.3, -0.25) is 0 Å². The number of phenolic OH excluding ortho intramolecular Hbond substituents is 1. The fourth-order valence-electron chi connectivity index (χ4n) is 2.46. The Labute approximate surface area is 149 Å². The van der Waals surface area contributed by atoms with E-state index in [-0.39, 0.29) is 23.7 Å². The predicted molar refractivity (Wildman–Crippen MR) is 96.7 cm³/mol. The van der Waals surface area contributed by atoms with Crippen LogP contribution in [-0.4, -0.2) is 39.3 Å². The van der Waals surface area contributed by atoms with Crippen LogP contribution in [0.2, 0.25) is 0 Å². The number of hydrogen-bond donors (Lipinski definition) is 2. The summed E-state index contributed by atoms with van der Waals surface area (Å²) in [4.78, 5) is 13.1. The van der Waals surface area contributed by atoms with E-state index in [0.717, 1.165) is 11.1 Å². The van der Waals surface area contributed by atoms with Crippen molar-refractivity contribution in [2.75, 3.05) is 12.9 Å². The van der Waals surface area contributed by atoms with E-state index in [4.69, 9.17) is 4.74 Å². The van der Waals surface area contributed by atoms with Gasteiger partial charge >= 0.3 is 5.97 Å². The number of hydrogen-bond acceptors (Lipinski definition) is 6. The third-order valence-corrected chi connectivity index (χ3v) is 4.44. The number of rotatable bonds is 5. The van der Waals surface area contributed by atoms with Gasteiger partial charge in [0.05, 0.1) is 6.61 Å². The number of carbonyl (C=O) groups excluding carboxylic acids is 1. The van der Waals surface area contributed by atoms with Crippen molar-refractivity contribution in [2.24, 2.45) is 0 Å². The summed E-state index contributed by atoms with van der Waals surface area (Å²) < 4.78 is 4.96. The van der Waals surface area contributed by atoms with E-state index in [1.165, 1.54) is 4.90 Å². The zero-order valence-electron chi connectivity index (χ0n) is 13.8. The molecular formula is C18H17N3O3S. The predicted octanol–water partition coefficient (Wildman–Crippen LogP) is 3.74. The maximum atomic E-state index is 11.9. The highest BCUT2D eigenvalue weighted by Gasteiger charge is 2.21. The van der Waals surface area contributed by atoms with Gasteiger partial charge in [0.1, 0.15) is 11.4 Å². The molecule has 0 bridgehead atoms. The molecule has 0 unspecified atom stereocenters. The average molecular weight is 355 g/mol. The Kier molecular flexibility index (Phi) is 5.04. The molecule has 0 radical (unpaired) electrons. The average Bonchev–Trinajstić information content (AvgIpc) is 3.11. The number of aromatic hydroxyl groups is 1. The third kappa shape index (κ3) is 3.51. The molecule has 1 aromatic heterocycles. The zero-order chi connectivity index (χ0) is 17.8. The van der Waals surface area contributed by atoms with Crippen molar-refractivity contribution < 1.29 is 14.6 Å². The van der Waals surface area contributed by atoms with Crippen molar-refractivity contribution in [3.05, 3.63) is 48.2 Å². The normalized spacial score (nSPS) is 10.6. The Morgan fingerprint density at radius 1 is 1.16 bits per heavy atom. The van der Waals surface area contributed by atoms with Crippen LogP contribution in [0, 0.1) is 0 Å². The van der Waals surface area contributed by atoms with E-state index in [9.17, 15) is 9.90 Å². The molecule has 0 spiro atoms. The second-order valence-electron chi connectivity index (χ2n) is 5.20. The van der Waals surface area contributed by atoms with Crippen molar-refractivity contribution in [2.45, 2.75) is 11.8 Å². The third-order valence-electron chi connectivity index (χ3n) is 3.69. The topological polar surface area (TPSA) is 88.1 Å². The van der Waals surface area contributed by atoms with Gasteiger partial charge in [-0.1, -0.05) is 18.2 Å². The maximum absolute atomic E-state index is 11.9. The summed E-state index contributed by atoms with van der Waals surface area (Å²) >= 11 is 1.67. The number of esters is 1. The lowest BCUT2D eigenvalue weighted by atomic mass is 10.0. The van der Waals surface area contributed by atoms with Gasteiger partial charge in [-0.15, -0.1) is 16.9 Å². The van der Waals surface area contributed by atoms with Crippen LogP contribution < -0.4 is 0 Å². The summed E-state index contributed by atoms with van der Waals surface area (Å²) in [6.07, 6.45) is 2.02. The maximum Gasteiger partial charge on any atom is 0.361 e. The molecule has 0 aliphatic rings. The van der Waals surface area contributed by atoms with Crippen LogP contribution >= 0.6 is 11.8 Å². The molecule has 0 fully saturated rings. The first-order chi connectivity index (χ1) is 12.1. The van der Waals surface area contributed by atoms with E-state index in [1.807, 2.05) is 36.6 Å². The quantitative estimate of drug-likeness (QED) is 0.535. The summed E-state index contributed by atoms with van der Waals surface area (Å²) in [6.45, 7) is 1.95. The number of benzene rings is 2. The first-order valence-corrected chi connectivity index (χ1v) is 8.92. The molecule has 6 nitrogen and oxygen atoms in total. The molecule has 3 rings (SSSR count). The van der Waals surface area contributed by atoms with Crippen LogP contribution in [0.25, 0.3) is 22.4 Å². The fraction of sp³-hybridized carbons (Fsp3) is 0.167. The van der Waals surface area contributed by atoms with Crippen LogP contribution in [0.15, 0.2) is 47.4 Å². The van der Waals surface area contributed by atoms with Gasteiger partial charge in [-0.05, 0) is 48.6 Å². The Balaban J connectivity index is 1.95. The minimum atomic E-state index is -0.581. The molecule has 2 N–H and O–H groups in total. The van der Waals surface area contributed by atoms with Crippen LogP contribution in [0.3, 0.4) is 0 Å². The first kappa shape index (κ1) is 17.0. The number of nitrogens with zero attached hydrogens (tertiary/aromatic N) is 2. The number of aromatic amines is 1. The van der Waals surface area contributed by atoms with Crippen LogP contribution in [0.1, 0.15) is 17.4 Å². The molecule has 0 saturated carbocycles. The smallest absolute Gasteiger partial charge is 0.361 e. The number of H-pyrrole nitrogens is 1. The standard InChI is InChI=1S/C18H17N3O3S/c1-3-24-18(23)17-16(19-21-20-17)14-9-6-12(10-15(14)22)11-4-7-13(25-2)8-5-11/h4-10,22H,3H2,1-2H3,(H,19,20,21). The van der Waals surface area contributed by atoms with Crippen LogP contribution in [0.4, 0.5) is 0 Å². The van der Waals surface area contributed by atoms with Gasteiger partial charge in [-0.2, -0.15) is 10.3 Å². The van der Waals surface area contributed by atoms with Gasteiger partial charge < -0.3 is 9.84 Å². The van der Waals surface area contributed by atoms with Gasteiger partial charge in [0.15, 0.2) is 5.69 Å². The van der Waals surface area contributed by atoms with Crippen LogP contribution in [0.5, 0.6) is 5.75 Å². The molecule has 0 aliphatic carbocycles. The molecule has 128 valence electrons. The van der Waals surface area contributed by atoms with Gasteiger partial charge in [0.2, 0.25) is 0 Å². The number of nitrogens with one attached hydrogen (secondary N) is 1. The zero-order valence-corrected chi connectivity index (χ0v) is 14.6. The monoisotopic (exact) mass is 355 g/mol. The molecule has 7 heteroatoms. The molecule has 2 aromatic carbocycles. The number of aromatic nitrogens is 3. The molecule has 0 atom stereocenters. The molecule has 3 aromatic rings. The summed E-state index contributed by atoms with van der Waals surface area (Å²) in [5.74, 6) is -0.562. The molecule has 0 amide bonds. The highest BCUT2D eigenvalue weighted by Crippen LogP contribution is 2.34. The van der Waals surface area contributed by atoms with Crippen molar-refractivity contribution in [1.82, 2.24) is 15.4 Å². The second-order valence-corrected chi connectivity index (χ2v) is 6.08. The molecule has 0 aliphatic heterocycles. The van der Waals surface area contributed by atoms with Crippen molar-refractivity contribution in [1.29, 1.82) is 0 Å². The Bertz CT molecular complexity index is 891. The lowest BCUT2D eigenvalue weighted by Crippen LogP contribution is -2.06. The van der Waals surface area contributed by atoms with E-state index in [0.29, 0.717) is 5.56 Å². The molecule has 25 heavy (non-hydrogen) atoms. The molecule has 1 heterocycles.